The number of rotatable bonds is 8. The quantitative estimate of drug-likeness (QED) is 0.219. The van der Waals surface area contributed by atoms with Gasteiger partial charge in [0.15, 0.2) is 5.78 Å². The second-order valence-corrected chi connectivity index (χ2v) is 13.3. The lowest BCUT2D eigenvalue weighted by atomic mass is 9.86. The second kappa shape index (κ2) is 11.9. The highest BCUT2D eigenvalue weighted by molar-refractivity contribution is 7.92. The highest BCUT2D eigenvalue weighted by Crippen LogP contribution is 2.29. The Hall–Kier alpha value is -3.94. The van der Waals surface area contributed by atoms with Gasteiger partial charge in [0.25, 0.3) is 10.0 Å². The van der Waals surface area contributed by atoms with Crippen LogP contribution in [0.2, 0.25) is 5.02 Å². The van der Waals surface area contributed by atoms with Crippen LogP contribution in [-0.2, 0) is 20.2 Å². The van der Waals surface area contributed by atoms with Gasteiger partial charge in [0, 0.05) is 21.8 Å². The Morgan fingerprint density at radius 2 is 1.49 bits per heavy atom. The molecule has 0 bridgehead atoms. The summed E-state index contributed by atoms with van der Waals surface area (Å²) >= 11 is 6.32. The Morgan fingerprint density at radius 3 is 2.10 bits per heavy atom. The van der Waals surface area contributed by atoms with Crippen molar-refractivity contribution in [1.29, 1.82) is 0 Å². The molecule has 0 saturated carbocycles. The molecular weight excluding hydrogens is 556 g/mol. The van der Waals surface area contributed by atoms with Crippen LogP contribution in [0.4, 0.5) is 11.4 Å². The van der Waals surface area contributed by atoms with Crippen molar-refractivity contribution in [3.8, 4) is 0 Å². The fourth-order valence-corrected chi connectivity index (χ4v) is 5.83. The molecule has 41 heavy (non-hydrogen) atoms. The van der Waals surface area contributed by atoms with Crippen LogP contribution >= 0.6 is 11.6 Å². The van der Waals surface area contributed by atoms with Crippen molar-refractivity contribution >= 4 is 44.7 Å². The monoisotopic (exact) mass is 588 g/mol. The van der Waals surface area contributed by atoms with Crippen molar-refractivity contribution < 1.29 is 18.0 Å². The largest absolute Gasteiger partial charge is 0.324 e. The maximum Gasteiger partial charge on any atom is 0.264 e. The van der Waals surface area contributed by atoms with E-state index >= 15 is 0 Å². The third-order valence-corrected chi connectivity index (χ3v) is 8.96. The molecule has 0 heterocycles. The van der Waals surface area contributed by atoms with Gasteiger partial charge in [0.1, 0.15) is 6.54 Å². The lowest BCUT2D eigenvalue weighted by Crippen LogP contribution is -2.38. The number of benzene rings is 4. The average Bonchev–Trinajstić information content (AvgIpc) is 2.93. The molecule has 4 aromatic rings. The first kappa shape index (κ1) is 30.0. The van der Waals surface area contributed by atoms with Crippen molar-refractivity contribution in [3.05, 3.63) is 124 Å². The number of amides is 1. The van der Waals surface area contributed by atoms with Crippen LogP contribution in [0.3, 0.4) is 0 Å². The molecule has 1 amide bonds. The normalized spacial score (nSPS) is 11.7. The molecule has 0 aliphatic carbocycles. The third kappa shape index (κ3) is 7.04. The number of anilines is 2. The van der Waals surface area contributed by atoms with E-state index in [-0.39, 0.29) is 21.8 Å². The molecule has 0 aliphatic rings. The van der Waals surface area contributed by atoms with Crippen LogP contribution in [-0.4, -0.2) is 26.7 Å². The van der Waals surface area contributed by atoms with E-state index in [0.29, 0.717) is 21.8 Å². The summed E-state index contributed by atoms with van der Waals surface area (Å²) in [4.78, 5) is 26.4. The smallest absolute Gasteiger partial charge is 0.264 e. The standard InChI is InChI=1S/C33H33ClN2O4S/c1-22-9-17-29(18-10-22)41(39,40)36(28-16-11-23(2)30(34)20-28)21-31(37)35-27-8-6-7-25(19-27)32(38)24-12-14-26(15-13-24)33(3,4)5/h6-20H,21H2,1-5H3,(H,35,37). The predicted molar refractivity (Wildman–Crippen MR) is 166 cm³/mol. The summed E-state index contributed by atoms with van der Waals surface area (Å²) in [5, 5.41) is 3.13. The number of ketones is 1. The van der Waals surface area contributed by atoms with Crippen molar-refractivity contribution in [1.82, 2.24) is 0 Å². The molecule has 0 spiro atoms. The minimum Gasteiger partial charge on any atom is -0.324 e. The first-order chi connectivity index (χ1) is 19.3. The summed E-state index contributed by atoms with van der Waals surface area (Å²) in [6, 6.07) is 25.3. The van der Waals surface area contributed by atoms with Gasteiger partial charge in [-0.05, 0) is 66.8 Å². The van der Waals surface area contributed by atoms with E-state index in [2.05, 4.69) is 26.1 Å². The molecule has 4 rings (SSSR count). The fourth-order valence-electron chi connectivity index (χ4n) is 4.25. The highest BCUT2D eigenvalue weighted by atomic mass is 35.5. The van der Waals surface area contributed by atoms with Gasteiger partial charge in [-0.1, -0.05) is 92.5 Å². The Bertz CT molecular complexity index is 1690. The van der Waals surface area contributed by atoms with Gasteiger partial charge in [-0.3, -0.25) is 13.9 Å². The van der Waals surface area contributed by atoms with Crippen LogP contribution in [0.25, 0.3) is 0 Å². The number of hydrogen-bond acceptors (Lipinski definition) is 4. The van der Waals surface area contributed by atoms with Crippen molar-refractivity contribution in [2.75, 3.05) is 16.2 Å². The first-order valence-corrected chi connectivity index (χ1v) is 15.0. The fraction of sp³-hybridized carbons (Fsp3) is 0.212. The molecule has 0 atom stereocenters. The third-order valence-electron chi connectivity index (χ3n) is 6.76. The molecule has 4 aromatic carbocycles. The van der Waals surface area contributed by atoms with Gasteiger partial charge in [-0.25, -0.2) is 8.42 Å². The van der Waals surface area contributed by atoms with Crippen LogP contribution < -0.4 is 9.62 Å². The zero-order valence-electron chi connectivity index (χ0n) is 23.7. The summed E-state index contributed by atoms with van der Waals surface area (Å²) in [6.45, 7) is 9.50. The highest BCUT2D eigenvalue weighted by Gasteiger charge is 2.28. The Morgan fingerprint density at radius 1 is 0.829 bits per heavy atom. The number of halogens is 1. The molecule has 212 valence electrons. The summed E-state index contributed by atoms with van der Waals surface area (Å²) in [5.74, 6) is -0.754. The minimum absolute atomic E-state index is 0.0312. The first-order valence-electron chi connectivity index (χ1n) is 13.2. The van der Waals surface area contributed by atoms with Crippen LogP contribution in [0.15, 0.2) is 95.9 Å². The van der Waals surface area contributed by atoms with E-state index in [4.69, 9.17) is 11.6 Å². The number of nitrogens with one attached hydrogen (secondary N) is 1. The van der Waals surface area contributed by atoms with Gasteiger partial charge in [-0.15, -0.1) is 0 Å². The number of sulfonamides is 1. The zero-order chi connectivity index (χ0) is 29.9. The summed E-state index contributed by atoms with van der Waals surface area (Å²) in [6.07, 6.45) is 0. The van der Waals surface area contributed by atoms with Crippen LogP contribution in [0.1, 0.15) is 53.4 Å². The zero-order valence-corrected chi connectivity index (χ0v) is 25.3. The van der Waals surface area contributed by atoms with Crippen LogP contribution in [0.5, 0.6) is 0 Å². The van der Waals surface area contributed by atoms with Crippen molar-refractivity contribution in [3.63, 3.8) is 0 Å². The number of nitrogens with zero attached hydrogens (tertiary/aromatic N) is 1. The van der Waals surface area contributed by atoms with Crippen molar-refractivity contribution in [2.45, 2.75) is 44.9 Å². The minimum atomic E-state index is -4.10. The van der Waals surface area contributed by atoms with Crippen molar-refractivity contribution in [2.24, 2.45) is 0 Å². The van der Waals surface area contributed by atoms with Gasteiger partial charge in [-0.2, -0.15) is 0 Å². The van der Waals surface area contributed by atoms with Gasteiger partial charge in [0.2, 0.25) is 5.91 Å². The molecule has 8 heteroatoms. The van der Waals surface area contributed by atoms with Crippen LogP contribution in [0, 0.1) is 13.8 Å². The molecule has 6 nitrogen and oxygen atoms in total. The molecular formula is C33H33ClN2O4S. The van der Waals surface area contributed by atoms with E-state index in [1.165, 1.54) is 18.2 Å². The lowest BCUT2D eigenvalue weighted by molar-refractivity contribution is -0.114. The van der Waals surface area contributed by atoms with E-state index in [0.717, 1.165) is 21.0 Å². The number of carbonyl (C=O) groups is 2. The van der Waals surface area contributed by atoms with Gasteiger partial charge < -0.3 is 5.32 Å². The number of carbonyl (C=O) groups excluding carboxylic acids is 2. The molecule has 0 aromatic heterocycles. The summed E-state index contributed by atoms with van der Waals surface area (Å²) in [5.41, 5.74) is 4.36. The summed E-state index contributed by atoms with van der Waals surface area (Å²) < 4.78 is 28.4. The number of aryl methyl sites for hydroxylation is 2. The summed E-state index contributed by atoms with van der Waals surface area (Å²) in [7, 11) is -4.10. The topological polar surface area (TPSA) is 83.6 Å². The molecule has 0 saturated heterocycles. The average molecular weight is 589 g/mol. The van der Waals surface area contributed by atoms with Gasteiger partial charge in [0.05, 0.1) is 10.6 Å². The molecule has 0 unspecified atom stereocenters. The lowest BCUT2D eigenvalue weighted by Gasteiger charge is -2.24. The molecule has 1 N–H and O–H groups in total. The number of hydrogen-bond donors (Lipinski definition) is 1. The maximum atomic E-state index is 13.7. The maximum absolute atomic E-state index is 13.7. The van der Waals surface area contributed by atoms with E-state index in [9.17, 15) is 18.0 Å². The molecule has 0 fully saturated rings. The van der Waals surface area contributed by atoms with Gasteiger partial charge >= 0.3 is 0 Å². The molecule has 0 aliphatic heterocycles. The Balaban J connectivity index is 1.58. The van der Waals surface area contributed by atoms with E-state index in [1.807, 2.05) is 26.0 Å². The molecule has 0 radical (unpaired) electrons. The second-order valence-electron chi connectivity index (χ2n) is 11.0. The predicted octanol–water partition coefficient (Wildman–Crippen LogP) is 7.32. The Labute approximate surface area is 247 Å². The Kier molecular flexibility index (Phi) is 8.71. The van der Waals surface area contributed by atoms with E-state index < -0.39 is 22.5 Å². The van der Waals surface area contributed by atoms with E-state index in [1.54, 1.807) is 60.7 Å². The SMILES string of the molecule is Cc1ccc(S(=O)(=O)N(CC(=O)Nc2cccc(C(=O)c3ccc(C(C)(C)C)cc3)c2)c2ccc(C)c(Cl)c2)cc1.